The maximum absolute atomic E-state index is 12.4. The van der Waals surface area contributed by atoms with E-state index in [1.807, 2.05) is 29.8 Å². The lowest BCUT2D eigenvalue weighted by Crippen LogP contribution is -2.24. The largest absolute Gasteiger partial charge is 0.342 e. The van der Waals surface area contributed by atoms with Crippen LogP contribution in [0.15, 0.2) is 29.6 Å². The molecule has 1 N–H and O–H groups in total. The minimum Gasteiger partial charge on any atom is -0.342 e. The lowest BCUT2D eigenvalue weighted by Gasteiger charge is -2.18. The number of halogens is 1. The van der Waals surface area contributed by atoms with Crippen molar-refractivity contribution in [1.82, 2.24) is 24.4 Å². The molecule has 3 aromatic rings. The molecule has 9 heteroatoms. The van der Waals surface area contributed by atoms with Crippen molar-refractivity contribution < 1.29 is 8.42 Å². The molecular formula is C20H28ClN5O2S. The third kappa shape index (κ3) is 5.18. The number of hydrogen-bond acceptors (Lipinski definition) is 5. The number of fused-ring (bicyclic) bond motifs is 1. The van der Waals surface area contributed by atoms with Gasteiger partial charge < -0.3 is 14.5 Å². The van der Waals surface area contributed by atoms with Gasteiger partial charge in [-0.3, -0.25) is 0 Å². The molecule has 29 heavy (non-hydrogen) atoms. The fraction of sp³-hybridized carbons (Fsp3) is 0.500. The molecule has 7 nitrogen and oxygen atoms in total. The Bertz CT molecular complexity index is 1070. The summed E-state index contributed by atoms with van der Waals surface area (Å²) in [4.78, 5) is 14.3. The fourth-order valence-corrected chi connectivity index (χ4v) is 4.44. The van der Waals surface area contributed by atoms with Crippen molar-refractivity contribution in [3.05, 3.63) is 40.9 Å². The number of sulfone groups is 1. The van der Waals surface area contributed by atoms with Gasteiger partial charge in [-0.2, -0.15) is 0 Å². The van der Waals surface area contributed by atoms with E-state index >= 15 is 0 Å². The summed E-state index contributed by atoms with van der Waals surface area (Å²) in [6, 6.07) is 5.61. The van der Waals surface area contributed by atoms with Crippen molar-refractivity contribution in [3.63, 3.8) is 0 Å². The molecule has 0 spiro atoms. The average Bonchev–Trinajstić information content (AvgIpc) is 3.28. The van der Waals surface area contributed by atoms with E-state index in [0.717, 1.165) is 48.4 Å². The van der Waals surface area contributed by atoms with Crippen LogP contribution in [0, 0.1) is 0 Å². The Labute approximate surface area is 177 Å². The van der Waals surface area contributed by atoms with Gasteiger partial charge in [-0.25, -0.2) is 18.4 Å². The van der Waals surface area contributed by atoms with Gasteiger partial charge in [0.05, 0.1) is 28.7 Å². The van der Waals surface area contributed by atoms with Crippen molar-refractivity contribution in [1.29, 1.82) is 0 Å². The lowest BCUT2D eigenvalue weighted by atomic mass is 10.3. The van der Waals surface area contributed by atoms with E-state index < -0.39 is 9.84 Å². The number of unbranched alkanes of at least 4 members (excludes halogenated alkanes) is 1. The number of hydrogen-bond donors (Lipinski definition) is 1. The highest BCUT2D eigenvalue weighted by molar-refractivity contribution is 7.91. The molecule has 0 saturated heterocycles. The molecule has 0 atom stereocenters. The summed E-state index contributed by atoms with van der Waals surface area (Å²) in [5.74, 6) is 0.962. The first-order valence-electron chi connectivity index (χ1n) is 9.94. The Balaban J connectivity index is 1.69. The highest BCUT2D eigenvalue weighted by Gasteiger charge is 2.21. The van der Waals surface area contributed by atoms with Gasteiger partial charge in [-0.15, -0.1) is 0 Å². The number of aromatic nitrogens is 4. The van der Waals surface area contributed by atoms with Crippen molar-refractivity contribution in [2.45, 2.75) is 51.4 Å². The topological polar surface area (TPSA) is 83.9 Å². The van der Waals surface area contributed by atoms with Crippen LogP contribution < -0.4 is 0 Å². The molecule has 0 fully saturated rings. The smallest absolute Gasteiger partial charge is 0.227 e. The third-order valence-electron chi connectivity index (χ3n) is 4.95. The second kappa shape index (κ2) is 9.28. The van der Waals surface area contributed by atoms with Crippen LogP contribution in [-0.4, -0.2) is 52.2 Å². The van der Waals surface area contributed by atoms with Crippen molar-refractivity contribution in [2.75, 3.05) is 19.3 Å². The quantitative estimate of drug-likeness (QED) is 0.523. The molecule has 1 aromatic carbocycles. The normalized spacial score (nSPS) is 12.3. The molecule has 0 aliphatic carbocycles. The van der Waals surface area contributed by atoms with Crippen LogP contribution in [0.5, 0.6) is 0 Å². The van der Waals surface area contributed by atoms with Crippen LogP contribution in [0.4, 0.5) is 0 Å². The summed E-state index contributed by atoms with van der Waals surface area (Å²) in [6.45, 7) is 5.82. The van der Waals surface area contributed by atoms with E-state index in [1.165, 1.54) is 0 Å². The van der Waals surface area contributed by atoms with Gasteiger partial charge in [0.25, 0.3) is 0 Å². The minimum atomic E-state index is -3.34. The molecule has 2 aromatic heterocycles. The first-order valence-corrected chi connectivity index (χ1v) is 12.0. The van der Waals surface area contributed by atoms with E-state index in [-0.39, 0.29) is 10.9 Å². The highest BCUT2D eigenvalue weighted by Crippen LogP contribution is 2.18. The van der Waals surface area contributed by atoms with E-state index in [2.05, 4.69) is 26.8 Å². The number of aromatic amines is 1. The van der Waals surface area contributed by atoms with Crippen LogP contribution in [-0.2, 0) is 29.3 Å². The van der Waals surface area contributed by atoms with Gasteiger partial charge >= 0.3 is 0 Å². The first-order chi connectivity index (χ1) is 13.8. The first kappa shape index (κ1) is 21.8. The monoisotopic (exact) mass is 437 g/mol. The number of benzene rings is 1. The molecule has 0 aliphatic heterocycles. The summed E-state index contributed by atoms with van der Waals surface area (Å²) in [5, 5.41) is 0.869. The van der Waals surface area contributed by atoms with Crippen LogP contribution in [0.25, 0.3) is 11.0 Å². The van der Waals surface area contributed by atoms with E-state index in [1.54, 1.807) is 13.1 Å². The van der Waals surface area contributed by atoms with Crippen molar-refractivity contribution >= 4 is 32.5 Å². The maximum Gasteiger partial charge on any atom is 0.227 e. The van der Waals surface area contributed by atoms with Gasteiger partial charge in [0.15, 0.2) is 0 Å². The second-order valence-corrected chi connectivity index (χ2v) is 9.88. The summed E-state index contributed by atoms with van der Waals surface area (Å²) in [7, 11) is -1.32. The van der Waals surface area contributed by atoms with Crippen LogP contribution in [0.1, 0.15) is 38.2 Å². The van der Waals surface area contributed by atoms with E-state index in [9.17, 15) is 8.42 Å². The zero-order valence-corrected chi connectivity index (χ0v) is 18.7. The molecule has 0 radical (unpaired) electrons. The SMILES string of the molecule is CCCCn1c(CN(C)CCc2nc3ccc(Cl)cc3[nH]2)cnc1S(=O)(=O)CC. The predicted octanol–water partition coefficient (Wildman–Crippen LogP) is 3.68. The zero-order chi connectivity index (χ0) is 21.0. The number of H-pyrrole nitrogens is 1. The van der Waals surface area contributed by atoms with Crippen LogP contribution >= 0.6 is 11.6 Å². The van der Waals surface area contributed by atoms with E-state index in [0.29, 0.717) is 18.1 Å². The number of imidazole rings is 2. The lowest BCUT2D eigenvalue weighted by molar-refractivity contribution is 0.316. The predicted molar refractivity (Wildman–Crippen MR) is 116 cm³/mol. The summed E-state index contributed by atoms with van der Waals surface area (Å²) in [5.41, 5.74) is 2.76. The Kier molecular flexibility index (Phi) is 6.97. The molecular weight excluding hydrogens is 410 g/mol. The molecule has 0 unspecified atom stereocenters. The summed E-state index contributed by atoms with van der Waals surface area (Å²) >= 11 is 6.03. The second-order valence-electron chi connectivity index (χ2n) is 7.27. The third-order valence-corrected chi connectivity index (χ3v) is 6.83. The molecule has 2 heterocycles. The Hall–Kier alpha value is -1.90. The Morgan fingerprint density at radius 1 is 1.28 bits per heavy atom. The molecule has 0 saturated carbocycles. The van der Waals surface area contributed by atoms with Gasteiger partial charge in [-0.05, 0) is 31.7 Å². The van der Waals surface area contributed by atoms with Crippen LogP contribution in [0.3, 0.4) is 0 Å². The number of likely N-dealkylation sites (N-methyl/N-ethyl adjacent to an activating group) is 1. The van der Waals surface area contributed by atoms with Gasteiger partial charge in [0.2, 0.25) is 15.0 Å². The van der Waals surface area contributed by atoms with Crippen molar-refractivity contribution in [2.24, 2.45) is 0 Å². The summed E-state index contributed by atoms with van der Waals surface area (Å²) < 4.78 is 26.6. The summed E-state index contributed by atoms with van der Waals surface area (Å²) in [6.07, 6.45) is 4.36. The average molecular weight is 438 g/mol. The van der Waals surface area contributed by atoms with Crippen molar-refractivity contribution in [3.8, 4) is 0 Å². The maximum atomic E-state index is 12.4. The zero-order valence-electron chi connectivity index (χ0n) is 17.2. The molecule has 0 amide bonds. The molecule has 3 rings (SSSR count). The highest BCUT2D eigenvalue weighted by atomic mass is 35.5. The minimum absolute atomic E-state index is 0.0570. The fourth-order valence-electron chi connectivity index (χ4n) is 3.26. The Morgan fingerprint density at radius 3 is 2.79 bits per heavy atom. The standard InChI is InChI=1S/C20H28ClN5O2S/c1-4-6-10-26-16(13-22-20(26)29(27,28)5-2)14-25(3)11-9-19-23-17-8-7-15(21)12-18(17)24-19/h7-8,12-13H,4-6,9-11,14H2,1-3H3,(H,23,24). The van der Waals surface area contributed by atoms with Gasteiger partial charge in [0.1, 0.15) is 5.82 Å². The number of nitrogens with one attached hydrogen (secondary N) is 1. The number of nitrogens with zero attached hydrogens (tertiary/aromatic N) is 4. The number of rotatable bonds is 10. The molecule has 0 bridgehead atoms. The molecule has 158 valence electrons. The van der Waals surface area contributed by atoms with E-state index in [4.69, 9.17) is 11.6 Å². The molecule has 0 aliphatic rings. The van der Waals surface area contributed by atoms with Gasteiger partial charge in [0, 0.05) is 31.1 Å². The van der Waals surface area contributed by atoms with Gasteiger partial charge in [-0.1, -0.05) is 31.9 Å². The Morgan fingerprint density at radius 2 is 2.07 bits per heavy atom. The van der Waals surface area contributed by atoms with Crippen LogP contribution in [0.2, 0.25) is 5.02 Å².